The molecular formula is C8H17NO2. The normalized spacial score (nSPS) is 14.5. The number of aliphatic carboxylic acids is 1. The molecule has 0 aromatic heterocycles. The number of nitrogens with one attached hydrogen (secondary N) is 1. The standard InChI is InChI=1S/C8H17NO2/c1-6(5-7(10)11)9-8(2,3)4/h6,9H,5H2,1-4H3,(H,10,11). The van der Waals surface area contributed by atoms with E-state index in [0.29, 0.717) is 0 Å². The Balaban J connectivity index is 3.69. The second kappa shape index (κ2) is 3.72. The summed E-state index contributed by atoms with van der Waals surface area (Å²) in [4.78, 5) is 10.3. The lowest BCUT2D eigenvalue weighted by Crippen LogP contribution is -2.42. The van der Waals surface area contributed by atoms with Gasteiger partial charge in [-0.3, -0.25) is 4.79 Å². The average Bonchev–Trinajstić information content (AvgIpc) is 1.53. The van der Waals surface area contributed by atoms with Crippen molar-refractivity contribution >= 4 is 5.97 Å². The summed E-state index contributed by atoms with van der Waals surface area (Å²) in [5.74, 6) is -0.755. The molecule has 0 aliphatic carbocycles. The molecule has 2 N–H and O–H groups in total. The van der Waals surface area contributed by atoms with Gasteiger partial charge in [-0.1, -0.05) is 0 Å². The Labute approximate surface area is 67.8 Å². The highest BCUT2D eigenvalue weighted by atomic mass is 16.4. The van der Waals surface area contributed by atoms with Gasteiger partial charge in [0.05, 0.1) is 6.42 Å². The molecule has 0 aliphatic rings. The largest absolute Gasteiger partial charge is 0.481 e. The summed E-state index contributed by atoms with van der Waals surface area (Å²) in [7, 11) is 0. The molecule has 0 radical (unpaired) electrons. The smallest absolute Gasteiger partial charge is 0.304 e. The Kier molecular flexibility index (Phi) is 3.52. The van der Waals surface area contributed by atoms with Crippen LogP contribution in [0.15, 0.2) is 0 Å². The Morgan fingerprint density at radius 3 is 2.27 bits per heavy atom. The molecule has 66 valence electrons. The quantitative estimate of drug-likeness (QED) is 0.651. The first kappa shape index (κ1) is 10.4. The van der Waals surface area contributed by atoms with E-state index in [1.807, 2.05) is 27.7 Å². The van der Waals surface area contributed by atoms with Crippen LogP contribution in [0, 0.1) is 0 Å². The van der Waals surface area contributed by atoms with Gasteiger partial charge in [0.1, 0.15) is 0 Å². The van der Waals surface area contributed by atoms with Crippen LogP contribution in [0.25, 0.3) is 0 Å². The van der Waals surface area contributed by atoms with Gasteiger partial charge < -0.3 is 10.4 Å². The Bertz CT molecular complexity index is 138. The zero-order chi connectivity index (χ0) is 9.07. The van der Waals surface area contributed by atoms with Crippen LogP contribution in [0.3, 0.4) is 0 Å². The Morgan fingerprint density at radius 1 is 1.55 bits per heavy atom. The molecule has 0 saturated heterocycles. The lowest BCUT2D eigenvalue weighted by molar-refractivity contribution is -0.137. The van der Waals surface area contributed by atoms with E-state index in [-0.39, 0.29) is 18.0 Å². The second-order valence-corrected chi connectivity index (χ2v) is 3.89. The van der Waals surface area contributed by atoms with Crippen molar-refractivity contribution in [2.24, 2.45) is 0 Å². The molecule has 0 aromatic rings. The number of hydrogen-bond acceptors (Lipinski definition) is 2. The fourth-order valence-electron chi connectivity index (χ4n) is 1.05. The molecular weight excluding hydrogens is 142 g/mol. The van der Waals surface area contributed by atoms with Gasteiger partial charge in [0, 0.05) is 11.6 Å². The van der Waals surface area contributed by atoms with E-state index in [9.17, 15) is 4.79 Å². The number of carbonyl (C=O) groups is 1. The minimum absolute atomic E-state index is 0.00509. The molecule has 1 atom stereocenters. The summed E-state index contributed by atoms with van der Waals surface area (Å²) in [5.41, 5.74) is -0.00509. The minimum atomic E-state index is -0.755. The van der Waals surface area contributed by atoms with Gasteiger partial charge in [-0.15, -0.1) is 0 Å². The highest BCUT2D eigenvalue weighted by molar-refractivity contribution is 5.67. The molecule has 1 unspecified atom stereocenters. The zero-order valence-electron chi connectivity index (χ0n) is 7.64. The SMILES string of the molecule is CC(CC(=O)O)NC(C)(C)C. The zero-order valence-corrected chi connectivity index (χ0v) is 7.64. The molecule has 0 rings (SSSR count). The van der Waals surface area contributed by atoms with Gasteiger partial charge in [-0.05, 0) is 27.7 Å². The van der Waals surface area contributed by atoms with Crippen molar-refractivity contribution in [3.63, 3.8) is 0 Å². The molecule has 0 saturated carbocycles. The highest BCUT2D eigenvalue weighted by Crippen LogP contribution is 2.02. The van der Waals surface area contributed by atoms with Crippen molar-refractivity contribution in [3.8, 4) is 0 Å². The summed E-state index contributed by atoms with van der Waals surface area (Å²) >= 11 is 0. The van der Waals surface area contributed by atoms with Crippen molar-refractivity contribution in [1.29, 1.82) is 0 Å². The molecule has 0 heterocycles. The van der Waals surface area contributed by atoms with Crippen molar-refractivity contribution < 1.29 is 9.90 Å². The third kappa shape index (κ3) is 7.33. The van der Waals surface area contributed by atoms with Crippen molar-refractivity contribution in [2.75, 3.05) is 0 Å². The molecule has 3 nitrogen and oxygen atoms in total. The van der Waals surface area contributed by atoms with Gasteiger partial charge in [0.25, 0.3) is 0 Å². The van der Waals surface area contributed by atoms with E-state index < -0.39 is 5.97 Å². The maximum atomic E-state index is 10.3. The molecule has 0 amide bonds. The van der Waals surface area contributed by atoms with Crippen LogP contribution in [0.5, 0.6) is 0 Å². The first-order valence-corrected chi connectivity index (χ1v) is 3.81. The lowest BCUT2D eigenvalue weighted by Gasteiger charge is -2.24. The van der Waals surface area contributed by atoms with Crippen molar-refractivity contribution in [1.82, 2.24) is 5.32 Å². The van der Waals surface area contributed by atoms with Crippen LogP contribution < -0.4 is 5.32 Å². The summed E-state index contributed by atoms with van der Waals surface area (Å²) in [6.45, 7) is 7.93. The number of hydrogen-bond donors (Lipinski definition) is 2. The van der Waals surface area contributed by atoms with Gasteiger partial charge in [0.2, 0.25) is 0 Å². The molecule has 0 fully saturated rings. The molecule has 0 aliphatic heterocycles. The van der Waals surface area contributed by atoms with E-state index in [1.165, 1.54) is 0 Å². The van der Waals surface area contributed by atoms with E-state index in [2.05, 4.69) is 5.32 Å². The summed E-state index contributed by atoms with van der Waals surface area (Å²) in [6, 6.07) is 0.0347. The summed E-state index contributed by atoms with van der Waals surface area (Å²) in [6.07, 6.45) is 0.178. The maximum Gasteiger partial charge on any atom is 0.304 e. The molecule has 0 bridgehead atoms. The average molecular weight is 159 g/mol. The molecule has 0 spiro atoms. The topological polar surface area (TPSA) is 49.3 Å². The fraction of sp³-hybridized carbons (Fsp3) is 0.875. The third-order valence-electron chi connectivity index (χ3n) is 1.16. The van der Waals surface area contributed by atoms with Gasteiger partial charge in [0.15, 0.2) is 0 Å². The Hall–Kier alpha value is -0.570. The maximum absolute atomic E-state index is 10.3. The van der Waals surface area contributed by atoms with E-state index in [0.717, 1.165) is 0 Å². The van der Waals surface area contributed by atoms with E-state index >= 15 is 0 Å². The monoisotopic (exact) mass is 159 g/mol. The fourth-order valence-corrected chi connectivity index (χ4v) is 1.05. The van der Waals surface area contributed by atoms with Crippen molar-refractivity contribution in [2.45, 2.75) is 45.7 Å². The van der Waals surface area contributed by atoms with Gasteiger partial charge >= 0.3 is 5.97 Å². The number of rotatable bonds is 3. The highest BCUT2D eigenvalue weighted by Gasteiger charge is 2.15. The van der Waals surface area contributed by atoms with Crippen molar-refractivity contribution in [3.05, 3.63) is 0 Å². The van der Waals surface area contributed by atoms with Gasteiger partial charge in [-0.25, -0.2) is 0 Å². The van der Waals surface area contributed by atoms with Crippen LogP contribution in [0.4, 0.5) is 0 Å². The summed E-state index contributed by atoms with van der Waals surface area (Å²) < 4.78 is 0. The number of carboxylic acids is 1. The Morgan fingerprint density at radius 2 is 2.00 bits per heavy atom. The molecule has 0 aromatic carbocycles. The third-order valence-corrected chi connectivity index (χ3v) is 1.16. The van der Waals surface area contributed by atoms with Crippen LogP contribution in [0.2, 0.25) is 0 Å². The lowest BCUT2D eigenvalue weighted by atomic mass is 10.1. The van der Waals surface area contributed by atoms with Crippen LogP contribution in [-0.2, 0) is 4.79 Å². The molecule has 3 heteroatoms. The summed E-state index contributed by atoms with van der Waals surface area (Å²) in [5, 5.41) is 11.6. The predicted molar refractivity (Wildman–Crippen MR) is 44.6 cm³/mol. The van der Waals surface area contributed by atoms with Gasteiger partial charge in [-0.2, -0.15) is 0 Å². The van der Waals surface area contributed by atoms with E-state index in [1.54, 1.807) is 0 Å². The van der Waals surface area contributed by atoms with Crippen LogP contribution in [0.1, 0.15) is 34.1 Å². The molecule has 11 heavy (non-hydrogen) atoms. The first-order chi connectivity index (χ1) is 4.81. The second-order valence-electron chi connectivity index (χ2n) is 3.89. The predicted octanol–water partition coefficient (Wildman–Crippen LogP) is 1.24. The van der Waals surface area contributed by atoms with Crippen LogP contribution in [-0.4, -0.2) is 22.7 Å². The number of carboxylic acid groups (broad SMARTS) is 1. The van der Waals surface area contributed by atoms with Crippen LogP contribution >= 0.6 is 0 Å². The van der Waals surface area contributed by atoms with E-state index in [4.69, 9.17) is 5.11 Å². The minimum Gasteiger partial charge on any atom is -0.481 e. The first-order valence-electron chi connectivity index (χ1n) is 3.81.